The Kier molecular flexibility index (Phi) is 2.88. The smallest absolute Gasteiger partial charge is 0.320 e. The van der Waals surface area contributed by atoms with Gasteiger partial charge in [-0.3, -0.25) is 4.79 Å². The van der Waals surface area contributed by atoms with Crippen LogP contribution in [0, 0.1) is 0 Å². The second-order valence-corrected chi connectivity index (χ2v) is 1.65. The first-order chi connectivity index (χ1) is 3.18. The lowest BCUT2D eigenvalue weighted by Gasteiger charge is -1.97. The summed E-state index contributed by atoms with van der Waals surface area (Å²) in [6.07, 6.45) is 0.412. The fourth-order valence-corrected chi connectivity index (χ4v) is 0.302. The van der Waals surface area contributed by atoms with Crippen molar-refractivity contribution in [3.63, 3.8) is 0 Å². The highest BCUT2D eigenvalue weighted by molar-refractivity contribution is 7.16. The van der Waals surface area contributed by atoms with Crippen molar-refractivity contribution < 1.29 is 9.90 Å². The van der Waals surface area contributed by atoms with E-state index in [1.807, 2.05) is 0 Å². The first kappa shape index (κ1) is 6.86. The minimum Gasteiger partial charge on any atom is -0.480 e. The molecule has 0 aromatic heterocycles. The second-order valence-electron chi connectivity index (χ2n) is 1.18. The van der Waals surface area contributed by atoms with E-state index in [0.717, 1.165) is 0 Å². The number of carboxylic acids is 1. The lowest BCUT2D eigenvalue weighted by molar-refractivity contribution is -0.137. The van der Waals surface area contributed by atoms with E-state index in [9.17, 15) is 4.79 Å². The van der Waals surface area contributed by atoms with E-state index >= 15 is 0 Å². The lowest BCUT2D eigenvalue weighted by atomic mass is 10.4. The molecule has 1 unspecified atom stereocenters. The van der Waals surface area contributed by atoms with Gasteiger partial charge in [0.15, 0.2) is 0 Å². The Labute approximate surface area is 44.1 Å². The molecule has 0 saturated heterocycles. The van der Waals surface area contributed by atoms with E-state index in [1.54, 1.807) is 0 Å². The third-order valence-corrected chi connectivity index (χ3v) is 1.08. The van der Waals surface area contributed by atoms with E-state index < -0.39 is 12.0 Å². The molecule has 42 valence electrons. The van der Waals surface area contributed by atoms with Crippen molar-refractivity contribution in [1.82, 2.24) is 0 Å². The molecule has 0 amide bonds. The van der Waals surface area contributed by atoms with Crippen LogP contribution in [-0.2, 0) is 4.79 Å². The van der Waals surface area contributed by atoms with Crippen molar-refractivity contribution in [2.24, 2.45) is 5.73 Å². The van der Waals surface area contributed by atoms with Crippen molar-refractivity contribution in [3.8, 4) is 0 Å². The van der Waals surface area contributed by atoms with Crippen LogP contribution in [0.25, 0.3) is 0 Å². The van der Waals surface area contributed by atoms with Gasteiger partial charge in [0.1, 0.15) is 6.04 Å². The number of carbonyl (C=O) groups is 1. The number of carboxylic acid groups (broad SMARTS) is 1. The summed E-state index contributed by atoms with van der Waals surface area (Å²) in [6, 6.07) is -0.718. The quantitative estimate of drug-likeness (QED) is 0.473. The van der Waals surface area contributed by atoms with Gasteiger partial charge in [-0.2, -0.15) is 0 Å². The molecule has 0 aliphatic rings. The average Bonchev–Trinajstić information content (AvgIpc) is 1.65. The minimum atomic E-state index is -0.949. The van der Waals surface area contributed by atoms with Crippen LogP contribution < -0.4 is 5.73 Å². The van der Waals surface area contributed by atoms with E-state index in [2.05, 4.69) is 9.24 Å². The average molecular weight is 121 g/mol. The van der Waals surface area contributed by atoms with Crippen LogP contribution in [-0.4, -0.2) is 23.3 Å². The molecule has 0 saturated carbocycles. The third kappa shape index (κ3) is 2.54. The molecule has 7 heavy (non-hydrogen) atoms. The number of hydrogen-bond donors (Lipinski definition) is 2. The number of aliphatic carboxylic acids is 1. The SMILES string of the molecule is N[C@H](CP)C(=O)O. The maximum absolute atomic E-state index is 9.79. The van der Waals surface area contributed by atoms with Crippen LogP contribution in [0.5, 0.6) is 0 Å². The monoisotopic (exact) mass is 121 g/mol. The van der Waals surface area contributed by atoms with Gasteiger partial charge in [-0.15, -0.1) is 9.24 Å². The van der Waals surface area contributed by atoms with Gasteiger partial charge >= 0.3 is 5.97 Å². The zero-order valence-corrected chi connectivity index (χ0v) is 4.95. The third-order valence-electron chi connectivity index (χ3n) is 0.571. The molecule has 0 heterocycles. The minimum absolute atomic E-state index is 0.412. The number of hydrogen-bond acceptors (Lipinski definition) is 2. The first-order valence-electron chi connectivity index (χ1n) is 1.87. The van der Waals surface area contributed by atoms with Crippen LogP contribution >= 0.6 is 9.24 Å². The molecule has 0 aliphatic heterocycles. The van der Waals surface area contributed by atoms with Gasteiger partial charge < -0.3 is 10.8 Å². The van der Waals surface area contributed by atoms with Crippen molar-refractivity contribution in [2.75, 3.05) is 6.16 Å². The summed E-state index contributed by atoms with van der Waals surface area (Å²) in [5, 5.41) is 8.04. The molecular formula is C3H8NO2P. The molecule has 3 nitrogen and oxygen atoms in total. The highest BCUT2D eigenvalue weighted by Crippen LogP contribution is 1.84. The van der Waals surface area contributed by atoms with E-state index in [0.29, 0.717) is 6.16 Å². The van der Waals surface area contributed by atoms with Gasteiger partial charge in [0.2, 0.25) is 0 Å². The lowest BCUT2D eigenvalue weighted by Crippen LogP contribution is -2.31. The van der Waals surface area contributed by atoms with Gasteiger partial charge in [0, 0.05) is 0 Å². The van der Waals surface area contributed by atoms with Crippen molar-refractivity contribution >= 4 is 15.2 Å². The molecule has 0 aromatic carbocycles. The highest BCUT2D eigenvalue weighted by atomic mass is 31.0. The van der Waals surface area contributed by atoms with Gasteiger partial charge in [0.05, 0.1) is 0 Å². The number of rotatable bonds is 2. The largest absolute Gasteiger partial charge is 0.480 e. The Hall–Kier alpha value is -0.140. The molecule has 0 aromatic rings. The molecule has 0 radical (unpaired) electrons. The Balaban J connectivity index is 3.34. The van der Waals surface area contributed by atoms with Crippen molar-refractivity contribution in [2.45, 2.75) is 6.04 Å². The Bertz CT molecular complexity index is 75.3. The first-order valence-corrected chi connectivity index (χ1v) is 2.68. The van der Waals surface area contributed by atoms with Crippen LogP contribution in [0.2, 0.25) is 0 Å². The number of nitrogens with two attached hydrogens (primary N) is 1. The second kappa shape index (κ2) is 2.94. The molecule has 4 heteroatoms. The van der Waals surface area contributed by atoms with Crippen LogP contribution in [0.3, 0.4) is 0 Å². The van der Waals surface area contributed by atoms with Gasteiger partial charge in [-0.1, -0.05) is 0 Å². The fourth-order valence-electron chi connectivity index (χ4n) is 0.101. The Morgan fingerprint density at radius 3 is 2.43 bits per heavy atom. The topological polar surface area (TPSA) is 63.3 Å². The van der Waals surface area contributed by atoms with Crippen LogP contribution in [0.15, 0.2) is 0 Å². The van der Waals surface area contributed by atoms with E-state index in [4.69, 9.17) is 10.8 Å². The molecule has 0 bridgehead atoms. The van der Waals surface area contributed by atoms with E-state index in [1.165, 1.54) is 0 Å². The predicted molar refractivity (Wildman–Crippen MR) is 30.2 cm³/mol. The summed E-state index contributed by atoms with van der Waals surface area (Å²) in [6.45, 7) is 0. The standard InChI is InChI=1S/C3H8NO2P/c4-2(1-7)3(5)6/h2H,1,4,7H2,(H,5,6)/t2-/m1/s1. The molecule has 2 atom stereocenters. The molecule has 0 spiro atoms. The summed E-state index contributed by atoms with van der Waals surface area (Å²) < 4.78 is 0. The Morgan fingerprint density at radius 2 is 2.43 bits per heavy atom. The summed E-state index contributed by atoms with van der Waals surface area (Å²) in [4.78, 5) is 9.79. The van der Waals surface area contributed by atoms with Gasteiger partial charge in [-0.25, -0.2) is 0 Å². The van der Waals surface area contributed by atoms with Gasteiger partial charge in [0.25, 0.3) is 0 Å². The van der Waals surface area contributed by atoms with Crippen LogP contribution in [0.1, 0.15) is 0 Å². The summed E-state index contributed by atoms with van der Waals surface area (Å²) in [5.74, 6) is -0.949. The maximum atomic E-state index is 9.79. The zero-order valence-electron chi connectivity index (χ0n) is 3.79. The van der Waals surface area contributed by atoms with Crippen LogP contribution in [0.4, 0.5) is 0 Å². The normalized spacial score (nSPS) is 13.4. The molecule has 0 fully saturated rings. The molecule has 0 rings (SSSR count). The molecular weight excluding hydrogens is 113 g/mol. The summed E-state index contributed by atoms with van der Waals surface area (Å²) >= 11 is 0. The van der Waals surface area contributed by atoms with Crippen molar-refractivity contribution in [3.05, 3.63) is 0 Å². The fraction of sp³-hybridized carbons (Fsp3) is 0.667. The molecule has 0 aliphatic carbocycles. The zero-order chi connectivity index (χ0) is 5.86. The van der Waals surface area contributed by atoms with Crippen molar-refractivity contribution in [1.29, 1.82) is 0 Å². The Morgan fingerprint density at radius 1 is 2.00 bits per heavy atom. The predicted octanol–water partition coefficient (Wildman–Crippen LogP) is -0.727. The summed E-state index contributed by atoms with van der Waals surface area (Å²) in [5.41, 5.74) is 5.00. The maximum Gasteiger partial charge on any atom is 0.320 e. The van der Waals surface area contributed by atoms with E-state index in [-0.39, 0.29) is 0 Å². The highest BCUT2D eigenvalue weighted by Gasteiger charge is 2.05. The molecule has 3 N–H and O–H groups in total. The summed E-state index contributed by atoms with van der Waals surface area (Å²) in [7, 11) is 2.26. The van der Waals surface area contributed by atoms with Gasteiger partial charge in [-0.05, 0) is 6.16 Å².